The molecule has 0 fully saturated rings. The van der Waals surface area contributed by atoms with Gasteiger partial charge < -0.3 is 0 Å². The summed E-state index contributed by atoms with van der Waals surface area (Å²) in [5.74, 6) is 0. The molecule has 0 aliphatic heterocycles. The van der Waals surface area contributed by atoms with Gasteiger partial charge >= 0.3 is 0 Å². The third-order valence-corrected chi connectivity index (χ3v) is 4.19. The van der Waals surface area contributed by atoms with Crippen LogP contribution in [-0.4, -0.2) is 20.4 Å². The SMILES string of the molecule is [B]c1sc(CCCCCCCC)c(C=O)c1C=O. The van der Waals surface area contributed by atoms with E-state index < -0.39 is 0 Å². The number of hydrogen-bond acceptors (Lipinski definition) is 3. The van der Waals surface area contributed by atoms with Crippen LogP contribution >= 0.6 is 11.3 Å². The molecule has 0 saturated heterocycles. The molecule has 0 unspecified atom stereocenters. The van der Waals surface area contributed by atoms with E-state index in [0.717, 1.165) is 24.0 Å². The lowest BCUT2D eigenvalue weighted by molar-refractivity contribution is 0.109. The van der Waals surface area contributed by atoms with Crippen LogP contribution in [0.3, 0.4) is 0 Å². The quantitative estimate of drug-likeness (QED) is 0.389. The van der Waals surface area contributed by atoms with Crippen molar-refractivity contribution >= 4 is 36.5 Å². The van der Waals surface area contributed by atoms with Crippen LogP contribution in [0.5, 0.6) is 0 Å². The molecule has 1 aromatic heterocycles. The van der Waals surface area contributed by atoms with E-state index in [9.17, 15) is 9.59 Å². The van der Waals surface area contributed by atoms with E-state index >= 15 is 0 Å². The zero-order valence-electron chi connectivity index (χ0n) is 10.9. The Hall–Kier alpha value is -0.895. The highest BCUT2D eigenvalue weighted by Crippen LogP contribution is 2.20. The molecular weight excluding hydrogens is 243 g/mol. The lowest BCUT2D eigenvalue weighted by Crippen LogP contribution is -2.03. The third-order valence-electron chi connectivity index (χ3n) is 3.08. The molecule has 0 aromatic carbocycles. The first kappa shape index (κ1) is 15.2. The molecule has 2 nitrogen and oxygen atoms in total. The van der Waals surface area contributed by atoms with Crippen molar-refractivity contribution in [2.75, 3.05) is 0 Å². The van der Waals surface area contributed by atoms with Crippen LogP contribution in [0.1, 0.15) is 71.0 Å². The Morgan fingerprint density at radius 2 is 1.61 bits per heavy atom. The monoisotopic (exact) mass is 262 g/mol. The highest BCUT2D eigenvalue weighted by atomic mass is 32.1. The van der Waals surface area contributed by atoms with Crippen LogP contribution in [0.15, 0.2) is 0 Å². The number of rotatable bonds is 9. The third kappa shape index (κ3) is 4.09. The van der Waals surface area contributed by atoms with Gasteiger partial charge in [0.15, 0.2) is 12.6 Å². The second-order valence-corrected chi connectivity index (χ2v) is 5.61. The number of carbonyl (C=O) groups is 2. The molecule has 18 heavy (non-hydrogen) atoms. The summed E-state index contributed by atoms with van der Waals surface area (Å²) < 4.78 is 0.466. The Morgan fingerprint density at radius 1 is 1.00 bits per heavy atom. The van der Waals surface area contributed by atoms with Gasteiger partial charge in [-0.1, -0.05) is 39.0 Å². The second kappa shape index (κ2) is 8.25. The predicted molar refractivity (Wildman–Crippen MR) is 77.6 cm³/mol. The van der Waals surface area contributed by atoms with E-state index in [0.29, 0.717) is 22.2 Å². The summed E-state index contributed by atoms with van der Waals surface area (Å²) in [7, 11) is 5.73. The fourth-order valence-electron chi connectivity index (χ4n) is 2.03. The maximum absolute atomic E-state index is 11.0. The molecule has 1 rings (SSSR count). The summed E-state index contributed by atoms with van der Waals surface area (Å²) in [5.41, 5.74) is 0.872. The summed E-state index contributed by atoms with van der Waals surface area (Å²) in [6.45, 7) is 2.20. The number of thiophene rings is 1. The van der Waals surface area contributed by atoms with Crippen LogP contribution in [-0.2, 0) is 6.42 Å². The molecule has 0 amide bonds. The molecular formula is C14H19BO2S. The minimum atomic E-state index is 0.371. The van der Waals surface area contributed by atoms with Gasteiger partial charge in [-0.15, -0.1) is 0 Å². The minimum absolute atomic E-state index is 0.371. The first-order valence-corrected chi connectivity index (χ1v) is 7.37. The summed E-state index contributed by atoms with van der Waals surface area (Å²) in [4.78, 5) is 22.8. The molecule has 0 atom stereocenters. The van der Waals surface area contributed by atoms with E-state index in [1.165, 1.54) is 43.4 Å². The normalized spacial score (nSPS) is 10.5. The van der Waals surface area contributed by atoms with Gasteiger partial charge in [-0.25, -0.2) is 0 Å². The minimum Gasteiger partial charge on any atom is -0.298 e. The molecule has 4 heteroatoms. The lowest BCUT2D eigenvalue weighted by Gasteiger charge is -2.00. The molecule has 0 saturated carbocycles. The Kier molecular flexibility index (Phi) is 6.95. The average molecular weight is 262 g/mol. The van der Waals surface area contributed by atoms with E-state index in [1.54, 1.807) is 0 Å². The van der Waals surface area contributed by atoms with E-state index in [-0.39, 0.29) is 0 Å². The zero-order valence-corrected chi connectivity index (χ0v) is 11.7. The Bertz CT molecular complexity index is 399. The van der Waals surface area contributed by atoms with Gasteiger partial charge in [0.2, 0.25) is 0 Å². The fraction of sp³-hybridized carbons (Fsp3) is 0.571. The smallest absolute Gasteiger partial charge is 0.151 e. The topological polar surface area (TPSA) is 34.1 Å². The Labute approximate surface area is 114 Å². The highest BCUT2D eigenvalue weighted by molar-refractivity contribution is 7.20. The first-order chi connectivity index (χ1) is 8.74. The fourth-order valence-corrected chi connectivity index (χ4v) is 3.08. The summed E-state index contributed by atoms with van der Waals surface area (Å²) >= 11 is 1.37. The maximum Gasteiger partial charge on any atom is 0.151 e. The predicted octanol–water partition coefficient (Wildman–Crippen LogP) is 3.07. The number of unbranched alkanes of at least 4 members (excludes halogenated alkanes) is 5. The van der Waals surface area contributed by atoms with E-state index in [2.05, 4.69) is 6.92 Å². The van der Waals surface area contributed by atoms with Crippen molar-refractivity contribution in [3.05, 3.63) is 16.0 Å². The second-order valence-electron chi connectivity index (χ2n) is 4.47. The highest BCUT2D eigenvalue weighted by Gasteiger charge is 2.13. The number of aryl methyl sites for hydroxylation is 1. The Balaban J connectivity index is 2.47. The number of aldehydes is 2. The van der Waals surface area contributed by atoms with Gasteiger partial charge in [0, 0.05) is 16.0 Å². The summed E-state index contributed by atoms with van der Waals surface area (Å²) in [6, 6.07) is 0. The molecule has 0 aliphatic carbocycles. The van der Waals surface area contributed by atoms with Gasteiger partial charge in [0.05, 0.1) is 0 Å². The van der Waals surface area contributed by atoms with E-state index in [4.69, 9.17) is 7.85 Å². The first-order valence-electron chi connectivity index (χ1n) is 6.56. The van der Waals surface area contributed by atoms with Crippen LogP contribution < -0.4 is 4.78 Å². The van der Waals surface area contributed by atoms with Gasteiger partial charge in [-0.3, -0.25) is 9.59 Å². The van der Waals surface area contributed by atoms with Gasteiger partial charge in [0.1, 0.15) is 7.85 Å². The summed E-state index contributed by atoms with van der Waals surface area (Å²) in [6.07, 6.45) is 9.58. The largest absolute Gasteiger partial charge is 0.298 e. The number of hydrogen-bond donors (Lipinski definition) is 0. The summed E-state index contributed by atoms with van der Waals surface area (Å²) in [5, 5.41) is 0. The molecule has 0 bridgehead atoms. The van der Waals surface area contributed by atoms with Crippen molar-refractivity contribution in [1.29, 1.82) is 0 Å². The van der Waals surface area contributed by atoms with Gasteiger partial charge in [-0.2, -0.15) is 11.3 Å². The van der Waals surface area contributed by atoms with Crippen molar-refractivity contribution in [3.8, 4) is 0 Å². The molecule has 1 aromatic rings. The van der Waals surface area contributed by atoms with Gasteiger partial charge in [0.25, 0.3) is 0 Å². The zero-order chi connectivity index (χ0) is 13.4. The molecule has 2 radical (unpaired) electrons. The number of carbonyl (C=O) groups excluding carboxylic acids is 2. The Morgan fingerprint density at radius 3 is 2.22 bits per heavy atom. The molecule has 0 N–H and O–H groups in total. The molecule has 96 valence electrons. The maximum atomic E-state index is 11.0. The molecule has 0 aliphatic rings. The standard InChI is InChI=1S/C14H19BO2S/c1-2-3-4-5-6-7-8-13-11(9-16)12(10-17)14(15)18-13/h9-10H,2-8H2,1H3. The van der Waals surface area contributed by atoms with Crippen LogP contribution in [0.2, 0.25) is 0 Å². The van der Waals surface area contributed by atoms with Crippen molar-refractivity contribution in [2.24, 2.45) is 0 Å². The molecule has 0 spiro atoms. The lowest BCUT2D eigenvalue weighted by atomic mass is 9.98. The van der Waals surface area contributed by atoms with Crippen molar-refractivity contribution in [1.82, 2.24) is 0 Å². The van der Waals surface area contributed by atoms with E-state index in [1.807, 2.05) is 0 Å². The molecule has 1 heterocycles. The van der Waals surface area contributed by atoms with Crippen LogP contribution in [0.25, 0.3) is 0 Å². The van der Waals surface area contributed by atoms with Crippen LogP contribution in [0, 0.1) is 0 Å². The van der Waals surface area contributed by atoms with Crippen LogP contribution in [0.4, 0.5) is 0 Å². The van der Waals surface area contributed by atoms with Crippen molar-refractivity contribution < 1.29 is 9.59 Å². The van der Waals surface area contributed by atoms with Gasteiger partial charge in [-0.05, 0) is 17.6 Å². The average Bonchev–Trinajstić information content (AvgIpc) is 2.68. The van der Waals surface area contributed by atoms with Crippen molar-refractivity contribution in [2.45, 2.75) is 51.9 Å². The van der Waals surface area contributed by atoms with Crippen molar-refractivity contribution in [3.63, 3.8) is 0 Å².